The van der Waals surface area contributed by atoms with Gasteiger partial charge in [0.15, 0.2) is 5.58 Å². The number of aromatic nitrogens is 1. The van der Waals surface area contributed by atoms with E-state index in [1.807, 2.05) is 0 Å². The number of nitrogens with one attached hydrogen (secondary N) is 1. The third-order valence-electron chi connectivity index (χ3n) is 7.65. The van der Waals surface area contributed by atoms with Crippen LogP contribution in [0.5, 0.6) is 0 Å². The average molecular weight is 450 g/mol. The molecule has 1 N–H and O–H groups in total. The molecule has 3 fully saturated rings. The standard InChI is InChI=1S/C23H28FN3O3.ClH/c1-2-10-23-17(21(28)25-22(23)29)4-3-5-19(23)27-11-8-14(9-12-27)20-16-7-6-15(24)13-18(16)30-26-20;/h6-7,13-14,17,19H,2-5,8-12H2,1H3,(H,25,28,29);1H. The number of nitrogens with zero attached hydrogens (tertiary/aromatic N) is 2. The molecule has 3 atom stereocenters. The van der Waals surface area contributed by atoms with Gasteiger partial charge < -0.3 is 4.52 Å². The van der Waals surface area contributed by atoms with Crippen LogP contribution in [0.2, 0.25) is 0 Å². The van der Waals surface area contributed by atoms with Gasteiger partial charge in [-0.15, -0.1) is 12.4 Å². The monoisotopic (exact) mass is 449 g/mol. The smallest absolute Gasteiger partial charge is 0.235 e. The first-order chi connectivity index (χ1) is 14.5. The minimum Gasteiger partial charge on any atom is -0.356 e. The third-order valence-corrected chi connectivity index (χ3v) is 7.65. The maximum absolute atomic E-state index is 13.5. The largest absolute Gasteiger partial charge is 0.356 e. The Labute approximate surface area is 187 Å². The maximum atomic E-state index is 13.5. The van der Waals surface area contributed by atoms with Crippen molar-refractivity contribution in [3.05, 3.63) is 29.7 Å². The van der Waals surface area contributed by atoms with Gasteiger partial charge >= 0.3 is 0 Å². The number of hydrogen-bond acceptors (Lipinski definition) is 5. The third kappa shape index (κ3) is 3.46. The number of fused-ring (bicyclic) bond motifs is 2. The predicted octanol–water partition coefficient (Wildman–Crippen LogP) is 4.18. The van der Waals surface area contributed by atoms with Gasteiger partial charge in [-0.25, -0.2) is 4.39 Å². The number of hydrogen-bond donors (Lipinski definition) is 1. The summed E-state index contributed by atoms with van der Waals surface area (Å²) in [6.45, 7) is 3.83. The molecule has 31 heavy (non-hydrogen) atoms. The van der Waals surface area contributed by atoms with Crippen LogP contribution in [-0.2, 0) is 9.59 Å². The number of amides is 2. The van der Waals surface area contributed by atoms with Crippen molar-refractivity contribution >= 4 is 35.2 Å². The van der Waals surface area contributed by atoms with Gasteiger partial charge in [-0.1, -0.05) is 24.9 Å². The summed E-state index contributed by atoms with van der Waals surface area (Å²) in [5.41, 5.74) is 0.823. The van der Waals surface area contributed by atoms with Gasteiger partial charge in [0.1, 0.15) is 5.82 Å². The van der Waals surface area contributed by atoms with Gasteiger partial charge in [-0.05, 0) is 57.3 Å². The van der Waals surface area contributed by atoms with Crippen LogP contribution in [0.1, 0.15) is 63.5 Å². The lowest BCUT2D eigenvalue weighted by molar-refractivity contribution is -0.138. The van der Waals surface area contributed by atoms with Crippen molar-refractivity contribution < 1.29 is 18.5 Å². The quantitative estimate of drug-likeness (QED) is 0.708. The topological polar surface area (TPSA) is 75.4 Å². The lowest BCUT2D eigenvalue weighted by Gasteiger charge is -2.49. The molecule has 8 heteroatoms. The molecule has 5 rings (SSSR count). The SMILES string of the molecule is CCCC12C(=O)NC(=O)C1CCCC2N1CCC(c2noc3cc(F)ccc23)CC1.Cl. The Hall–Kier alpha value is -1.99. The average Bonchev–Trinajstić information content (AvgIpc) is 3.27. The van der Waals surface area contributed by atoms with Gasteiger partial charge in [0.2, 0.25) is 11.8 Å². The molecule has 2 aliphatic heterocycles. The first kappa shape index (κ1) is 22.2. The Kier molecular flexibility index (Phi) is 6.10. The molecule has 1 aromatic carbocycles. The van der Waals surface area contributed by atoms with Crippen molar-refractivity contribution in [2.45, 2.75) is 63.8 Å². The van der Waals surface area contributed by atoms with Crippen LogP contribution in [-0.4, -0.2) is 41.0 Å². The van der Waals surface area contributed by atoms with Crippen LogP contribution >= 0.6 is 12.4 Å². The van der Waals surface area contributed by atoms with Crippen molar-refractivity contribution in [1.82, 2.24) is 15.4 Å². The number of rotatable bonds is 4. The Balaban J connectivity index is 0.00000231. The minimum absolute atomic E-state index is 0. The molecule has 3 aliphatic rings. The van der Waals surface area contributed by atoms with Crippen molar-refractivity contribution in [3.63, 3.8) is 0 Å². The molecule has 2 amide bonds. The number of halogens is 2. The molecule has 0 spiro atoms. The summed E-state index contributed by atoms with van der Waals surface area (Å²) in [5.74, 6) is -0.383. The molecule has 3 heterocycles. The summed E-state index contributed by atoms with van der Waals surface area (Å²) in [5, 5.41) is 7.78. The Morgan fingerprint density at radius 1 is 1.23 bits per heavy atom. The highest BCUT2D eigenvalue weighted by Crippen LogP contribution is 2.51. The second-order valence-corrected chi connectivity index (χ2v) is 9.13. The van der Waals surface area contributed by atoms with E-state index in [0.29, 0.717) is 5.58 Å². The van der Waals surface area contributed by atoms with Gasteiger partial charge in [0.25, 0.3) is 0 Å². The number of carbonyl (C=O) groups excluding carboxylic acids is 2. The second-order valence-electron chi connectivity index (χ2n) is 9.13. The Morgan fingerprint density at radius 2 is 2.00 bits per heavy atom. The van der Waals surface area contributed by atoms with Gasteiger partial charge in [-0.2, -0.15) is 0 Å². The van der Waals surface area contributed by atoms with Gasteiger partial charge in [-0.3, -0.25) is 19.8 Å². The molecule has 2 aromatic rings. The lowest BCUT2D eigenvalue weighted by Crippen LogP contribution is -2.57. The predicted molar refractivity (Wildman–Crippen MR) is 116 cm³/mol. The fourth-order valence-corrected chi connectivity index (χ4v) is 6.34. The summed E-state index contributed by atoms with van der Waals surface area (Å²) in [4.78, 5) is 27.9. The van der Waals surface area contributed by atoms with Gasteiger partial charge in [0, 0.05) is 23.4 Å². The van der Waals surface area contributed by atoms with E-state index in [4.69, 9.17) is 4.52 Å². The van der Waals surface area contributed by atoms with E-state index in [0.717, 1.165) is 69.1 Å². The summed E-state index contributed by atoms with van der Waals surface area (Å²) >= 11 is 0. The van der Waals surface area contributed by atoms with E-state index < -0.39 is 5.41 Å². The highest BCUT2D eigenvalue weighted by atomic mass is 35.5. The van der Waals surface area contributed by atoms with Crippen molar-refractivity contribution in [2.24, 2.45) is 11.3 Å². The normalized spacial score (nSPS) is 29.6. The molecule has 0 bridgehead atoms. The lowest BCUT2D eigenvalue weighted by atomic mass is 9.61. The van der Waals surface area contributed by atoms with Crippen LogP contribution in [0.3, 0.4) is 0 Å². The zero-order valence-electron chi connectivity index (χ0n) is 17.7. The van der Waals surface area contributed by atoms with E-state index >= 15 is 0 Å². The number of carbonyl (C=O) groups is 2. The van der Waals surface area contributed by atoms with Crippen molar-refractivity contribution in [3.8, 4) is 0 Å². The molecule has 0 radical (unpaired) electrons. The molecule has 2 saturated heterocycles. The van der Waals surface area contributed by atoms with Crippen LogP contribution in [0.4, 0.5) is 4.39 Å². The molecule has 1 aromatic heterocycles. The zero-order valence-corrected chi connectivity index (χ0v) is 18.5. The molecule has 1 saturated carbocycles. The Morgan fingerprint density at radius 3 is 2.74 bits per heavy atom. The highest BCUT2D eigenvalue weighted by molar-refractivity contribution is 6.08. The minimum atomic E-state index is -0.574. The fourth-order valence-electron chi connectivity index (χ4n) is 6.34. The summed E-state index contributed by atoms with van der Waals surface area (Å²) in [7, 11) is 0. The van der Waals surface area contributed by atoms with E-state index in [9.17, 15) is 14.0 Å². The van der Waals surface area contributed by atoms with Gasteiger partial charge in [0.05, 0.1) is 17.0 Å². The number of likely N-dealkylation sites (tertiary alicyclic amines) is 1. The van der Waals surface area contributed by atoms with Crippen LogP contribution in [0, 0.1) is 17.2 Å². The van der Waals surface area contributed by atoms with E-state index in [-0.39, 0.29) is 47.9 Å². The highest BCUT2D eigenvalue weighted by Gasteiger charge is 2.61. The zero-order chi connectivity index (χ0) is 20.9. The Bertz CT molecular complexity index is 988. The van der Waals surface area contributed by atoms with Crippen LogP contribution in [0.15, 0.2) is 22.7 Å². The summed E-state index contributed by atoms with van der Waals surface area (Å²) in [6.07, 6.45) is 6.25. The first-order valence-electron chi connectivity index (χ1n) is 11.2. The molecule has 1 aliphatic carbocycles. The second kappa shape index (κ2) is 8.51. The number of imide groups is 1. The number of piperidine rings is 1. The summed E-state index contributed by atoms with van der Waals surface area (Å²) < 4.78 is 18.8. The van der Waals surface area contributed by atoms with E-state index in [2.05, 4.69) is 22.3 Å². The fraction of sp³-hybridized carbons (Fsp3) is 0.609. The maximum Gasteiger partial charge on any atom is 0.235 e. The summed E-state index contributed by atoms with van der Waals surface area (Å²) in [6, 6.07) is 4.70. The molecule has 168 valence electrons. The van der Waals surface area contributed by atoms with E-state index in [1.54, 1.807) is 6.07 Å². The van der Waals surface area contributed by atoms with E-state index in [1.165, 1.54) is 12.1 Å². The molecule has 6 nitrogen and oxygen atoms in total. The molecule has 3 unspecified atom stereocenters. The number of benzene rings is 1. The van der Waals surface area contributed by atoms with Crippen molar-refractivity contribution in [2.75, 3.05) is 13.1 Å². The van der Waals surface area contributed by atoms with Crippen molar-refractivity contribution in [1.29, 1.82) is 0 Å². The van der Waals surface area contributed by atoms with Crippen LogP contribution < -0.4 is 5.32 Å². The first-order valence-corrected chi connectivity index (χ1v) is 11.2. The van der Waals surface area contributed by atoms with Crippen LogP contribution in [0.25, 0.3) is 11.0 Å². The molecular weight excluding hydrogens is 421 g/mol. The molecular formula is C23H29ClFN3O3.